The third-order valence-electron chi connectivity index (χ3n) is 7.11. The second-order valence-corrected chi connectivity index (χ2v) is 8.70. The van der Waals surface area contributed by atoms with Gasteiger partial charge in [0.1, 0.15) is 0 Å². The molecule has 0 bridgehead atoms. The monoisotopic (exact) mass is 405 g/mol. The highest BCUT2D eigenvalue weighted by atomic mass is 14.7. The minimum atomic E-state index is 0.190. The van der Waals surface area contributed by atoms with Gasteiger partial charge in [-0.3, -0.25) is 4.99 Å². The van der Waals surface area contributed by atoms with Crippen molar-refractivity contribution in [3.63, 3.8) is 0 Å². The molecule has 0 amide bonds. The molecule has 148 valence electrons. The minimum absolute atomic E-state index is 0.190. The first-order chi connectivity index (χ1) is 15.8. The van der Waals surface area contributed by atoms with E-state index in [9.17, 15) is 0 Å². The number of nitrogens with zero attached hydrogens (tertiary/aromatic N) is 1. The van der Waals surface area contributed by atoms with E-state index in [4.69, 9.17) is 4.99 Å². The second-order valence-electron chi connectivity index (χ2n) is 8.70. The molecule has 2 heteroatoms. The van der Waals surface area contributed by atoms with Crippen molar-refractivity contribution in [3.8, 4) is 0 Å². The number of hydrogen-bond acceptors (Lipinski definition) is 1. The summed E-state index contributed by atoms with van der Waals surface area (Å²) in [6.45, 7) is 0.190. The Hall–Kier alpha value is -3.91. The molecule has 0 radical (unpaired) electrons. The zero-order chi connectivity index (χ0) is 21.2. The van der Waals surface area contributed by atoms with E-state index in [-0.39, 0.29) is 6.71 Å². The maximum Gasteiger partial charge on any atom is 0.243 e. The van der Waals surface area contributed by atoms with Gasteiger partial charge in [-0.25, -0.2) is 0 Å². The van der Waals surface area contributed by atoms with E-state index >= 15 is 0 Å². The lowest BCUT2D eigenvalue weighted by molar-refractivity contribution is 1.43. The number of fused-ring (bicyclic) bond motifs is 3. The molecule has 0 saturated heterocycles. The van der Waals surface area contributed by atoms with Gasteiger partial charge in [-0.2, -0.15) is 0 Å². The molecule has 0 aromatic heterocycles. The lowest BCUT2D eigenvalue weighted by Gasteiger charge is -2.30. The van der Waals surface area contributed by atoms with Crippen molar-refractivity contribution in [2.45, 2.75) is 0 Å². The van der Waals surface area contributed by atoms with Gasteiger partial charge in [0, 0.05) is 12.6 Å². The molecule has 1 aliphatic rings. The Morgan fingerprint density at radius 2 is 1.31 bits per heavy atom. The second kappa shape index (κ2) is 6.54. The molecule has 0 spiro atoms. The van der Waals surface area contributed by atoms with Crippen LogP contribution in [0.3, 0.4) is 0 Å². The van der Waals surface area contributed by atoms with Crippen LogP contribution in [0, 0.1) is 0 Å². The number of aliphatic imine (C=N–C) groups is 1. The first kappa shape index (κ1) is 17.7. The van der Waals surface area contributed by atoms with Gasteiger partial charge in [0.2, 0.25) is 6.71 Å². The summed E-state index contributed by atoms with van der Waals surface area (Å²) >= 11 is 0. The molecule has 0 fully saturated rings. The first-order valence-electron chi connectivity index (χ1n) is 11.2. The van der Waals surface area contributed by atoms with Crippen LogP contribution in [0.4, 0.5) is 0 Å². The van der Waals surface area contributed by atoms with Crippen molar-refractivity contribution in [3.05, 3.63) is 114 Å². The summed E-state index contributed by atoms with van der Waals surface area (Å²) in [7, 11) is 1.93. The molecule has 1 aliphatic heterocycles. The highest BCUT2D eigenvalue weighted by Gasteiger charge is 2.35. The van der Waals surface area contributed by atoms with Crippen LogP contribution in [0.1, 0.15) is 11.1 Å². The van der Waals surface area contributed by atoms with Gasteiger partial charge in [-0.05, 0) is 37.9 Å². The highest BCUT2D eigenvalue weighted by Crippen LogP contribution is 2.37. The van der Waals surface area contributed by atoms with Gasteiger partial charge in [0.15, 0.2) is 0 Å². The van der Waals surface area contributed by atoms with Crippen LogP contribution in [0.2, 0.25) is 0 Å². The predicted molar refractivity (Wildman–Crippen MR) is 139 cm³/mol. The van der Waals surface area contributed by atoms with E-state index in [2.05, 4.69) is 103 Å². The Bertz CT molecular complexity index is 1660. The SMILES string of the molecule is CN=C1c2ccccc2B(c2ccccc2)c2cc3ccc4cccc5ccc(c21)c3c45. The van der Waals surface area contributed by atoms with Crippen LogP contribution < -0.4 is 16.4 Å². The predicted octanol–water partition coefficient (Wildman–Crippen LogP) is 4.88. The lowest BCUT2D eigenvalue weighted by atomic mass is 9.33. The number of rotatable bonds is 1. The zero-order valence-electron chi connectivity index (χ0n) is 17.8. The van der Waals surface area contributed by atoms with E-state index < -0.39 is 0 Å². The topological polar surface area (TPSA) is 12.4 Å². The molecule has 6 aromatic rings. The largest absolute Gasteiger partial charge is 0.287 e. The van der Waals surface area contributed by atoms with Crippen LogP contribution in [0.5, 0.6) is 0 Å². The Morgan fingerprint density at radius 1 is 0.594 bits per heavy atom. The van der Waals surface area contributed by atoms with Crippen molar-refractivity contribution in [2.75, 3.05) is 7.05 Å². The Balaban J connectivity index is 1.69. The van der Waals surface area contributed by atoms with Crippen LogP contribution >= 0.6 is 0 Å². The van der Waals surface area contributed by atoms with Gasteiger partial charge < -0.3 is 0 Å². The molecular formula is C30H20BN. The lowest BCUT2D eigenvalue weighted by Crippen LogP contribution is -2.58. The molecule has 32 heavy (non-hydrogen) atoms. The van der Waals surface area contributed by atoms with Crippen molar-refractivity contribution in [2.24, 2.45) is 4.99 Å². The average molecular weight is 405 g/mol. The van der Waals surface area contributed by atoms with E-state index in [0.29, 0.717) is 0 Å². The van der Waals surface area contributed by atoms with Gasteiger partial charge in [-0.1, -0.05) is 120 Å². The summed E-state index contributed by atoms with van der Waals surface area (Å²) < 4.78 is 0. The molecule has 0 N–H and O–H groups in total. The zero-order valence-corrected chi connectivity index (χ0v) is 17.8. The third kappa shape index (κ3) is 2.27. The first-order valence-corrected chi connectivity index (χ1v) is 11.2. The van der Waals surface area contributed by atoms with Crippen molar-refractivity contribution in [1.29, 1.82) is 0 Å². The Kier molecular flexibility index (Phi) is 3.63. The number of benzene rings is 6. The summed E-state index contributed by atoms with van der Waals surface area (Å²) in [6.07, 6.45) is 0. The normalized spacial score (nSPS) is 14.4. The molecule has 6 aromatic carbocycles. The summed E-state index contributed by atoms with van der Waals surface area (Å²) in [5, 5.41) is 7.91. The van der Waals surface area contributed by atoms with Crippen molar-refractivity contribution >= 4 is 61.1 Å². The van der Waals surface area contributed by atoms with Crippen LogP contribution in [-0.2, 0) is 0 Å². The maximum absolute atomic E-state index is 4.86. The smallest absolute Gasteiger partial charge is 0.243 e. The number of hydrogen-bond donors (Lipinski definition) is 0. The van der Waals surface area contributed by atoms with Crippen LogP contribution in [-0.4, -0.2) is 19.5 Å². The summed E-state index contributed by atoms with van der Waals surface area (Å²) in [4.78, 5) is 4.86. The minimum Gasteiger partial charge on any atom is -0.287 e. The molecule has 0 aliphatic carbocycles. The van der Waals surface area contributed by atoms with Crippen molar-refractivity contribution < 1.29 is 0 Å². The van der Waals surface area contributed by atoms with Crippen LogP contribution in [0.15, 0.2) is 108 Å². The quantitative estimate of drug-likeness (QED) is 0.273. The molecular weight excluding hydrogens is 385 g/mol. The van der Waals surface area contributed by atoms with E-state index in [1.807, 2.05) is 7.05 Å². The Labute approximate surface area is 187 Å². The fraction of sp³-hybridized carbons (Fsp3) is 0.0333. The van der Waals surface area contributed by atoms with E-state index in [1.54, 1.807) is 0 Å². The van der Waals surface area contributed by atoms with Gasteiger partial charge in [-0.15, -0.1) is 0 Å². The fourth-order valence-corrected chi connectivity index (χ4v) is 5.83. The summed E-state index contributed by atoms with van der Waals surface area (Å²) in [5.41, 5.74) is 7.63. The molecule has 1 nitrogen and oxygen atoms in total. The maximum atomic E-state index is 4.86. The van der Waals surface area contributed by atoms with Gasteiger partial charge in [0.25, 0.3) is 0 Å². The molecule has 7 rings (SSSR count). The highest BCUT2D eigenvalue weighted by molar-refractivity contribution is 6.98. The molecule has 0 unspecified atom stereocenters. The molecule has 0 saturated carbocycles. The third-order valence-corrected chi connectivity index (χ3v) is 7.11. The van der Waals surface area contributed by atoms with Gasteiger partial charge in [0.05, 0.1) is 5.71 Å². The standard InChI is InChI=1S/C30H20BN/c1-32-30-23-12-5-6-13-25(23)31(22-10-3-2-4-11-22)26-18-21-15-14-19-8-7-9-20-16-17-24(29(26)30)28(21)27(19)20/h2-18H,1H3. The van der Waals surface area contributed by atoms with Gasteiger partial charge >= 0.3 is 0 Å². The molecule has 1 heterocycles. The average Bonchev–Trinajstić information content (AvgIpc) is 2.86. The fourth-order valence-electron chi connectivity index (χ4n) is 5.83. The summed E-state index contributed by atoms with van der Waals surface area (Å²) in [5.74, 6) is 0. The van der Waals surface area contributed by atoms with E-state index in [1.165, 1.54) is 59.8 Å². The Morgan fingerprint density at radius 3 is 2.12 bits per heavy atom. The van der Waals surface area contributed by atoms with E-state index in [0.717, 1.165) is 5.71 Å². The van der Waals surface area contributed by atoms with Crippen molar-refractivity contribution in [1.82, 2.24) is 0 Å². The molecule has 0 atom stereocenters. The summed E-state index contributed by atoms with van der Waals surface area (Å²) in [6, 6.07) is 37.8. The van der Waals surface area contributed by atoms with Crippen LogP contribution in [0.25, 0.3) is 32.3 Å².